The fourth-order valence-electron chi connectivity index (χ4n) is 8.75. The molecule has 65 heavy (non-hydrogen) atoms. The van der Waals surface area contributed by atoms with Gasteiger partial charge in [-0.1, -0.05) is 276 Å². The van der Waals surface area contributed by atoms with Crippen LogP contribution in [0.4, 0.5) is 0 Å². The van der Waals surface area contributed by atoms with E-state index < -0.39 is 20.0 Å². The van der Waals surface area contributed by atoms with E-state index in [2.05, 4.69) is 19.2 Å². The van der Waals surface area contributed by atoms with Crippen molar-refractivity contribution in [2.24, 2.45) is 0 Å². The van der Waals surface area contributed by atoms with Crippen LogP contribution in [0.3, 0.4) is 0 Å². The number of unbranched alkanes of at least 4 members (excludes halogenated alkanes) is 40. The highest BCUT2D eigenvalue weighted by Crippen LogP contribution is 2.43. The summed E-state index contributed by atoms with van der Waals surface area (Å²) in [6, 6.07) is -0.841. The lowest BCUT2D eigenvalue weighted by atomic mass is 10.0. The number of likely N-dealkylation sites (N-methyl/N-ethyl adjacent to an activating group) is 1. The van der Waals surface area contributed by atoms with Gasteiger partial charge in [0, 0.05) is 6.42 Å². The Hall–Kier alpha value is -0.760. The third kappa shape index (κ3) is 50.9. The molecule has 8 nitrogen and oxygen atoms in total. The van der Waals surface area contributed by atoms with Crippen molar-refractivity contribution in [3.05, 3.63) is 12.2 Å². The second-order valence-corrected chi connectivity index (χ2v) is 22.5. The van der Waals surface area contributed by atoms with Gasteiger partial charge in [0.2, 0.25) is 5.91 Å². The standard InChI is InChI=1S/C56H113N2O6P/c1-6-8-10-12-14-16-18-20-22-23-24-25-26-27-28-29-30-31-32-33-34-36-37-39-41-43-45-47-49-55(59)54(53-64-65(61,62)63-52-51-58(3,4)5)57-56(60)50-48-46-44-42-40-38-35-21-19-17-15-13-11-9-7-2/h47,49,54-55,59H,6-46,48,50-53H2,1-5H3,(H-,57,60,61,62)/p+1/b49-47+. The van der Waals surface area contributed by atoms with Gasteiger partial charge in [-0.25, -0.2) is 4.57 Å². The van der Waals surface area contributed by atoms with E-state index in [0.29, 0.717) is 17.4 Å². The molecule has 0 aromatic carbocycles. The van der Waals surface area contributed by atoms with Crippen molar-refractivity contribution in [1.29, 1.82) is 0 Å². The Morgan fingerprint density at radius 2 is 0.815 bits per heavy atom. The SMILES string of the molecule is CCCCCCCCCCCCCCCCCCCCCCCCCCCC/C=C/C(O)C(COP(=O)(O)OCC[N+](C)(C)C)NC(=O)CCCCCCCCCCCCCCCCC. The number of hydrogen-bond acceptors (Lipinski definition) is 5. The van der Waals surface area contributed by atoms with Crippen molar-refractivity contribution < 1.29 is 32.9 Å². The molecular formula is C56H114N2O6P+. The number of rotatable bonds is 53. The zero-order chi connectivity index (χ0) is 47.8. The van der Waals surface area contributed by atoms with E-state index in [9.17, 15) is 19.4 Å². The summed E-state index contributed by atoms with van der Waals surface area (Å²) in [7, 11) is 1.59. The van der Waals surface area contributed by atoms with Crippen LogP contribution >= 0.6 is 7.82 Å². The first kappa shape index (κ1) is 64.2. The van der Waals surface area contributed by atoms with E-state index in [1.807, 2.05) is 27.2 Å². The predicted octanol–water partition coefficient (Wildman–Crippen LogP) is 17.0. The van der Waals surface area contributed by atoms with Crippen molar-refractivity contribution in [3.63, 3.8) is 0 Å². The molecule has 0 aromatic rings. The monoisotopic (exact) mass is 942 g/mol. The summed E-state index contributed by atoms with van der Waals surface area (Å²) in [5.41, 5.74) is 0. The topological polar surface area (TPSA) is 105 Å². The smallest absolute Gasteiger partial charge is 0.387 e. The Kier molecular flexibility index (Phi) is 47.7. The number of hydrogen-bond donors (Lipinski definition) is 3. The van der Waals surface area contributed by atoms with Gasteiger partial charge in [0.1, 0.15) is 13.2 Å². The summed E-state index contributed by atoms with van der Waals surface area (Å²) in [6.45, 7) is 4.86. The summed E-state index contributed by atoms with van der Waals surface area (Å²) < 4.78 is 23.7. The number of carbonyl (C=O) groups is 1. The number of aliphatic hydroxyl groups excluding tert-OH is 1. The van der Waals surface area contributed by atoms with Gasteiger partial charge >= 0.3 is 7.82 Å². The number of nitrogens with zero attached hydrogens (tertiary/aromatic N) is 1. The van der Waals surface area contributed by atoms with Crippen LogP contribution in [0.1, 0.15) is 290 Å². The van der Waals surface area contributed by atoms with E-state index in [1.54, 1.807) is 6.08 Å². The molecule has 0 radical (unpaired) electrons. The molecule has 0 heterocycles. The minimum absolute atomic E-state index is 0.0651. The lowest BCUT2D eigenvalue weighted by molar-refractivity contribution is -0.870. The summed E-state index contributed by atoms with van der Waals surface area (Å²) in [5.74, 6) is -0.171. The fourth-order valence-corrected chi connectivity index (χ4v) is 9.49. The van der Waals surface area contributed by atoms with Gasteiger partial charge in [-0.3, -0.25) is 13.8 Å². The molecule has 3 atom stereocenters. The lowest BCUT2D eigenvalue weighted by Gasteiger charge is -2.25. The minimum atomic E-state index is -4.34. The van der Waals surface area contributed by atoms with Gasteiger partial charge in [-0.15, -0.1) is 0 Å². The maximum atomic E-state index is 12.9. The average molecular weight is 943 g/mol. The molecule has 0 fully saturated rings. The van der Waals surface area contributed by atoms with Gasteiger partial charge in [0.15, 0.2) is 0 Å². The predicted molar refractivity (Wildman–Crippen MR) is 282 cm³/mol. The molecule has 3 N–H and O–H groups in total. The van der Waals surface area contributed by atoms with Crippen molar-refractivity contribution in [1.82, 2.24) is 5.32 Å². The highest BCUT2D eigenvalue weighted by molar-refractivity contribution is 7.47. The van der Waals surface area contributed by atoms with E-state index in [0.717, 1.165) is 32.1 Å². The zero-order valence-corrected chi connectivity index (χ0v) is 45.2. The van der Waals surface area contributed by atoms with Gasteiger partial charge in [0.05, 0.1) is 39.9 Å². The van der Waals surface area contributed by atoms with Crippen molar-refractivity contribution in [2.75, 3.05) is 40.9 Å². The Morgan fingerprint density at radius 1 is 0.508 bits per heavy atom. The maximum absolute atomic E-state index is 12.9. The van der Waals surface area contributed by atoms with E-state index in [-0.39, 0.29) is 19.1 Å². The van der Waals surface area contributed by atoms with E-state index >= 15 is 0 Å². The van der Waals surface area contributed by atoms with Gasteiger partial charge in [-0.05, 0) is 19.3 Å². The molecule has 0 saturated heterocycles. The van der Waals surface area contributed by atoms with Gasteiger partial charge in [0.25, 0.3) is 0 Å². The normalized spacial score (nSPS) is 14.0. The van der Waals surface area contributed by atoms with Crippen LogP contribution in [0.5, 0.6) is 0 Å². The number of phosphoric ester groups is 1. The van der Waals surface area contributed by atoms with Crippen LogP contribution in [0.2, 0.25) is 0 Å². The van der Waals surface area contributed by atoms with Crippen LogP contribution in [-0.2, 0) is 18.4 Å². The van der Waals surface area contributed by atoms with Gasteiger partial charge < -0.3 is 19.8 Å². The van der Waals surface area contributed by atoms with Crippen LogP contribution < -0.4 is 5.32 Å². The Labute approximate surface area is 405 Å². The summed E-state index contributed by atoms with van der Waals surface area (Å²) in [6.07, 6.45) is 58.8. The molecule has 1 amide bonds. The Balaban J connectivity index is 4.12. The summed E-state index contributed by atoms with van der Waals surface area (Å²) in [4.78, 5) is 23.2. The molecule has 3 unspecified atom stereocenters. The molecule has 9 heteroatoms. The third-order valence-corrected chi connectivity index (χ3v) is 14.2. The van der Waals surface area contributed by atoms with Crippen molar-refractivity contribution >= 4 is 13.7 Å². The van der Waals surface area contributed by atoms with Crippen LogP contribution in [0, 0.1) is 0 Å². The van der Waals surface area contributed by atoms with Crippen LogP contribution in [0.15, 0.2) is 12.2 Å². The number of phosphoric acid groups is 1. The number of amides is 1. The highest BCUT2D eigenvalue weighted by Gasteiger charge is 2.27. The Morgan fingerprint density at radius 3 is 1.14 bits per heavy atom. The maximum Gasteiger partial charge on any atom is 0.472 e. The number of allylic oxidation sites excluding steroid dienone is 1. The van der Waals surface area contributed by atoms with Crippen LogP contribution in [0.25, 0.3) is 0 Å². The van der Waals surface area contributed by atoms with E-state index in [1.165, 1.54) is 238 Å². The molecule has 0 saturated carbocycles. The van der Waals surface area contributed by atoms with Gasteiger partial charge in [-0.2, -0.15) is 0 Å². The number of aliphatic hydroxyl groups is 1. The molecule has 0 aliphatic carbocycles. The first-order valence-electron chi connectivity index (χ1n) is 28.6. The summed E-state index contributed by atoms with van der Waals surface area (Å²) in [5, 5.41) is 13.9. The lowest BCUT2D eigenvalue weighted by Crippen LogP contribution is -2.45. The number of carbonyl (C=O) groups excluding carboxylic acids is 1. The second-order valence-electron chi connectivity index (χ2n) is 21.0. The fraction of sp³-hybridized carbons (Fsp3) is 0.946. The second kappa shape index (κ2) is 48.3. The molecule has 0 aromatic heterocycles. The molecular weight excluding hydrogens is 828 g/mol. The molecule has 0 rings (SSSR count). The first-order chi connectivity index (χ1) is 31.5. The average Bonchev–Trinajstić information content (AvgIpc) is 3.26. The first-order valence-corrected chi connectivity index (χ1v) is 30.1. The molecule has 0 bridgehead atoms. The third-order valence-electron chi connectivity index (χ3n) is 13.3. The highest BCUT2D eigenvalue weighted by atomic mass is 31.2. The molecule has 388 valence electrons. The Bertz CT molecular complexity index is 1070. The molecule has 0 aliphatic rings. The largest absolute Gasteiger partial charge is 0.472 e. The number of quaternary nitrogens is 1. The number of nitrogens with one attached hydrogen (secondary N) is 1. The molecule has 0 aliphatic heterocycles. The zero-order valence-electron chi connectivity index (χ0n) is 44.3. The summed E-state index contributed by atoms with van der Waals surface area (Å²) >= 11 is 0. The molecule has 0 spiro atoms. The van der Waals surface area contributed by atoms with Crippen molar-refractivity contribution in [3.8, 4) is 0 Å². The minimum Gasteiger partial charge on any atom is -0.387 e. The van der Waals surface area contributed by atoms with E-state index in [4.69, 9.17) is 9.05 Å². The van der Waals surface area contributed by atoms with Crippen molar-refractivity contribution in [2.45, 2.75) is 302 Å². The quantitative estimate of drug-likeness (QED) is 0.0243. The van der Waals surface area contributed by atoms with Crippen LogP contribution in [-0.4, -0.2) is 73.4 Å².